The Bertz CT molecular complexity index is 963. The van der Waals surface area contributed by atoms with Crippen LogP contribution < -0.4 is 15.6 Å². The third kappa shape index (κ3) is 5.04. The lowest BCUT2D eigenvalue weighted by atomic mass is 10.1. The maximum atomic E-state index is 12.6. The summed E-state index contributed by atoms with van der Waals surface area (Å²) in [5, 5.41) is 10.9. The van der Waals surface area contributed by atoms with Crippen molar-refractivity contribution in [2.24, 2.45) is 5.92 Å². The fourth-order valence-corrected chi connectivity index (χ4v) is 2.91. The molecule has 1 aliphatic carbocycles. The fraction of sp³-hybridized carbons (Fsp3) is 0.263. The number of halogens is 3. The van der Waals surface area contributed by atoms with Crippen molar-refractivity contribution < 1.29 is 32.4 Å². The van der Waals surface area contributed by atoms with Gasteiger partial charge < -0.3 is 4.74 Å². The van der Waals surface area contributed by atoms with Gasteiger partial charge in [0.1, 0.15) is 0 Å². The molecule has 158 valence electrons. The molecule has 2 amide bonds. The maximum Gasteiger partial charge on any atom is 0.416 e. The number of hydrazine groups is 1. The van der Waals surface area contributed by atoms with Crippen molar-refractivity contribution in [1.29, 1.82) is 0 Å². The molecule has 8 nitrogen and oxygen atoms in total. The van der Waals surface area contributed by atoms with Gasteiger partial charge in [-0.05, 0) is 36.1 Å². The average Bonchev–Trinajstić information content (AvgIpc) is 3.51. The van der Waals surface area contributed by atoms with Gasteiger partial charge in [0, 0.05) is 12.0 Å². The molecule has 1 fully saturated rings. The second-order valence-electron chi connectivity index (χ2n) is 6.62. The molecule has 0 aromatic heterocycles. The number of rotatable bonds is 6. The third-order valence-corrected chi connectivity index (χ3v) is 4.54. The number of hydrogen-bond donors (Lipinski definition) is 2. The van der Waals surface area contributed by atoms with Gasteiger partial charge in [-0.2, -0.15) is 13.2 Å². The highest BCUT2D eigenvalue weighted by molar-refractivity contribution is 5.86. The van der Waals surface area contributed by atoms with Crippen LogP contribution in [0.3, 0.4) is 0 Å². The van der Waals surface area contributed by atoms with E-state index in [-0.39, 0.29) is 17.4 Å². The molecule has 2 aromatic rings. The lowest BCUT2D eigenvalue weighted by Gasteiger charge is -2.09. The van der Waals surface area contributed by atoms with Gasteiger partial charge in [-0.3, -0.25) is 30.6 Å². The van der Waals surface area contributed by atoms with Crippen LogP contribution in [0.4, 0.5) is 18.9 Å². The van der Waals surface area contributed by atoms with E-state index in [4.69, 9.17) is 4.74 Å². The van der Waals surface area contributed by atoms with E-state index in [9.17, 15) is 32.9 Å². The molecule has 2 unspecified atom stereocenters. The molecule has 30 heavy (non-hydrogen) atoms. The molecule has 0 heterocycles. The van der Waals surface area contributed by atoms with E-state index in [2.05, 4.69) is 10.9 Å². The zero-order valence-electron chi connectivity index (χ0n) is 15.3. The highest BCUT2D eigenvalue weighted by Gasteiger charge is 2.44. The van der Waals surface area contributed by atoms with E-state index in [0.29, 0.717) is 12.0 Å². The zero-order valence-corrected chi connectivity index (χ0v) is 15.3. The Morgan fingerprint density at radius 1 is 1.10 bits per heavy atom. The van der Waals surface area contributed by atoms with Crippen molar-refractivity contribution in [3.63, 3.8) is 0 Å². The maximum absolute atomic E-state index is 12.6. The first-order valence-corrected chi connectivity index (χ1v) is 8.79. The van der Waals surface area contributed by atoms with Crippen LogP contribution in [0.1, 0.15) is 23.5 Å². The topological polar surface area (TPSA) is 111 Å². The van der Waals surface area contributed by atoms with Gasteiger partial charge in [-0.15, -0.1) is 0 Å². The summed E-state index contributed by atoms with van der Waals surface area (Å²) < 4.78 is 42.9. The second-order valence-corrected chi connectivity index (χ2v) is 6.62. The fourth-order valence-electron chi connectivity index (χ4n) is 2.91. The normalized spacial score (nSPS) is 17.7. The minimum Gasteiger partial charge on any atom is -0.477 e. The molecular weight excluding hydrogens is 407 g/mol. The molecule has 1 saturated carbocycles. The largest absolute Gasteiger partial charge is 0.477 e. The molecule has 0 radical (unpaired) electrons. The number of carbonyl (C=O) groups excluding carboxylic acids is 2. The molecule has 2 atom stereocenters. The number of amides is 2. The summed E-state index contributed by atoms with van der Waals surface area (Å²) in [6.07, 6.45) is -3.98. The predicted octanol–water partition coefficient (Wildman–Crippen LogP) is 2.94. The van der Waals surface area contributed by atoms with Crippen LogP contribution in [-0.2, 0) is 15.8 Å². The summed E-state index contributed by atoms with van der Waals surface area (Å²) in [6.45, 7) is -0.557. The standard InChI is InChI=1S/C19H16F3N3O5/c20-19(21,22)12-7-5-11(6-8-12)13-9-14(13)18(27)24-23-17(26)10-30-16-4-2-1-3-15(16)25(28)29/h1-8,13-14H,9-10H2,(H,23,26)(H,24,27). The van der Waals surface area contributed by atoms with E-state index in [1.54, 1.807) is 0 Å². The van der Waals surface area contributed by atoms with Crippen LogP contribution in [0.2, 0.25) is 0 Å². The number of nitro groups is 1. The Balaban J connectivity index is 1.45. The minimum atomic E-state index is -4.43. The lowest BCUT2D eigenvalue weighted by molar-refractivity contribution is -0.385. The van der Waals surface area contributed by atoms with Crippen LogP contribution in [-0.4, -0.2) is 23.3 Å². The van der Waals surface area contributed by atoms with Crippen molar-refractivity contribution in [1.82, 2.24) is 10.9 Å². The SMILES string of the molecule is O=C(COc1ccccc1[N+](=O)[O-])NNC(=O)C1CC1c1ccc(C(F)(F)F)cc1. The summed E-state index contributed by atoms with van der Waals surface area (Å²) >= 11 is 0. The van der Waals surface area contributed by atoms with E-state index >= 15 is 0 Å². The Labute approximate surface area is 168 Å². The number of nitro benzene ring substituents is 1. The number of nitrogens with one attached hydrogen (secondary N) is 2. The number of ether oxygens (including phenoxy) is 1. The van der Waals surface area contributed by atoms with Gasteiger partial charge in [0.25, 0.3) is 5.91 Å². The second kappa shape index (κ2) is 8.39. The number of benzene rings is 2. The average molecular weight is 423 g/mol. The van der Waals surface area contributed by atoms with Crippen molar-refractivity contribution >= 4 is 17.5 Å². The van der Waals surface area contributed by atoms with E-state index in [1.165, 1.54) is 36.4 Å². The monoisotopic (exact) mass is 423 g/mol. The number of carbonyl (C=O) groups is 2. The van der Waals surface area contributed by atoms with Crippen molar-refractivity contribution in [3.8, 4) is 5.75 Å². The van der Waals surface area contributed by atoms with Crippen LogP contribution in [0, 0.1) is 16.0 Å². The third-order valence-electron chi connectivity index (χ3n) is 4.54. The number of hydrogen-bond acceptors (Lipinski definition) is 5. The number of para-hydroxylation sites is 2. The van der Waals surface area contributed by atoms with Crippen molar-refractivity contribution in [2.75, 3.05) is 6.61 Å². The highest BCUT2D eigenvalue weighted by atomic mass is 19.4. The van der Waals surface area contributed by atoms with Gasteiger partial charge in [-0.25, -0.2) is 0 Å². The summed E-state index contributed by atoms with van der Waals surface area (Å²) in [7, 11) is 0. The molecule has 3 rings (SSSR count). The van der Waals surface area contributed by atoms with Gasteiger partial charge in [0.2, 0.25) is 5.91 Å². The summed E-state index contributed by atoms with van der Waals surface area (Å²) in [5.74, 6) is -2.01. The molecule has 2 N–H and O–H groups in total. The Morgan fingerprint density at radius 2 is 1.77 bits per heavy atom. The molecule has 2 aromatic carbocycles. The van der Waals surface area contributed by atoms with E-state index in [0.717, 1.165) is 12.1 Å². The first kappa shape index (κ1) is 21.1. The van der Waals surface area contributed by atoms with Crippen LogP contribution in [0.5, 0.6) is 5.75 Å². The molecule has 11 heteroatoms. The van der Waals surface area contributed by atoms with Crippen LogP contribution in [0.15, 0.2) is 48.5 Å². The predicted molar refractivity (Wildman–Crippen MR) is 97.2 cm³/mol. The Kier molecular flexibility index (Phi) is 5.90. The number of alkyl halides is 3. The highest BCUT2D eigenvalue weighted by Crippen LogP contribution is 2.47. The van der Waals surface area contributed by atoms with Gasteiger partial charge in [0.15, 0.2) is 12.4 Å². The van der Waals surface area contributed by atoms with Crippen LogP contribution in [0.25, 0.3) is 0 Å². The Morgan fingerprint density at radius 3 is 2.40 bits per heavy atom. The van der Waals surface area contributed by atoms with E-state index in [1.807, 2.05) is 0 Å². The van der Waals surface area contributed by atoms with Gasteiger partial charge in [0.05, 0.1) is 10.5 Å². The van der Waals surface area contributed by atoms with Crippen molar-refractivity contribution in [3.05, 3.63) is 69.8 Å². The van der Waals surface area contributed by atoms with Gasteiger partial charge >= 0.3 is 11.9 Å². The quantitative estimate of drug-likeness (QED) is 0.548. The van der Waals surface area contributed by atoms with Crippen LogP contribution >= 0.6 is 0 Å². The summed E-state index contributed by atoms with van der Waals surface area (Å²) in [4.78, 5) is 34.1. The molecule has 0 aliphatic heterocycles. The summed E-state index contributed by atoms with van der Waals surface area (Å²) in [6, 6.07) is 10.1. The first-order chi connectivity index (χ1) is 14.2. The Hall–Kier alpha value is -3.63. The van der Waals surface area contributed by atoms with Gasteiger partial charge in [-0.1, -0.05) is 24.3 Å². The lowest BCUT2D eigenvalue weighted by Crippen LogP contribution is -2.44. The van der Waals surface area contributed by atoms with E-state index < -0.39 is 41.0 Å². The molecule has 0 spiro atoms. The molecule has 1 aliphatic rings. The smallest absolute Gasteiger partial charge is 0.416 e. The number of nitrogens with zero attached hydrogens (tertiary/aromatic N) is 1. The zero-order chi connectivity index (χ0) is 21.9. The minimum absolute atomic E-state index is 0.0893. The molecule has 0 saturated heterocycles. The molecular formula is C19H16F3N3O5. The van der Waals surface area contributed by atoms with Crippen molar-refractivity contribution in [2.45, 2.75) is 18.5 Å². The molecule has 0 bridgehead atoms. The summed E-state index contributed by atoms with van der Waals surface area (Å²) in [5.41, 5.74) is 3.90. The first-order valence-electron chi connectivity index (χ1n) is 8.79.